The molecule has 1 amide bonds. The highest BCUT2D eigenvalue weighted by Gasteiger charge is 2.25. The van der Waals surface area contributed by atoms with Gasteiger partial charge in [-0.3, -0.25) is 4.79 Å². The molecular weight excluding hydrogens is 318 g/mol. The van der Waals surface area contributed by atoms with Crippen molar-refractivity contribution in [1.29, 1.82) is 0 Å². The summed E-state index contributed by atoms with van der Waals surface area (Å²) >= 11 is 0. The van der Waals surface area contributed by atoms with Gasteiger partial charge in [0.1, 0.15) is 11.0 Å². The van der Waals surface area contributed by atoms with Crippen LogP contribution in [0.5, 0.6) is 0 Å². The van der Waals surface area contributed by atoms with Crippen molar-refractivity contribution >= 4 is 28.4 Å². The van der Waals surface area contributed by atoms with E-state index in [-0.39, 0.29) is 11.8 Å². The maximum absolute atomic E-state index is 12.5. The summed E-state index contributed by atoms with van der Waals surface area (Å²) in [5, 5.41) is 21.9. The van der Waals surface area contributed by atoms with Crippen molar-refractivity contribution in [2.45, 2.75) is 19.8 Å². The number of aromatic nitrogens is 5. The molecule has 1 aromatic carbocycles. The van der Waals surface area contributed by atoms with E-state index in [0.717, 1.165) is 54.2 Å². The van der Waals surface area contributed by atoms with E-state index in [1.165, 1.54) is 0 Å². The van der Waals surface area contributed by atoms with E-state index in [9.17, 15) is 4.79 Å². The summed E-state index contributed by atoms with van der Waals surface area (Å²) in [4.78, 5) is 14.7. The van der Waals surface area contributed by atoms with Crippen molar-refractivity contribution in [2.75, 3.05) is 23.3 Å². The van der Waals surface area contributed by atoms with Gasteiger partial charge in [0.2, 0.25) is 5.91 Å². The number of anilines is 2. The Morgan fingerprint density at radius 3 is 2.68 bits per heavy atom. The highest BCUT2D eigenvalue weighted by Crippen LogP contribution is 2.23. The van der Waals surface area contributed by atoms with Gasteiger partial charge < -0.3 is 10.2 Å². The minimum Gasteiger partial charge on any atom is -0.355 e. The number of aryl methyl sites for hydroxylation is 1. The fourth-order valence-electron chi connectivity index (χ4n) is 3.09. The Morgan fingerprint density at radius 1 is 1.12 bits per heavy atom. The lowest BCUT2D eigenvalue weighted by molar-refractivity contribution is -0.120. The molecule has 0 bridgehead atoms. The van der Waals surface area contributed by atoms with E-state index < -0.39 is 0 Å². The standard InChI is InChI=1S/C17H19N7O/c1-11-2-5-16(22-19-11)24-8-6-12(7-9-24)17(25)18-13-3-4-14-15(10-13)21-23-20-14/h2-5,10,12H,6-9H2,1H3,(H,18,25)(H,20,21,23). The first kappa shape index (κ1) is 15.5. The fourth-order valence-corrected chi connectivity index (χ4v) is 3.09. The van der Waals surface area contributed by atoms with Crippen LogP contribution >= 0.6 is 0 Å². The molecular formula is C17H19N7O. The van der Waals surface area contributed by atoms with Crippen LogP contribution in [-0.4, -0.2) is 44.6 Å². The van der Waals surface area contributed by atoms with Crippen LogP contribution < -0.4 is 10.2 Å². The smallest absolute Gasteiger partial charge is 0.227 e. The second kappa shape index (κ2) is 6.46. The van der Waals surface area contributed by atoms with E-state index >= 15 is 0 Å². The molecule has 3 heterocycles. The number of benzene rings is 1. The molecule has 3 aromatic rings. The Labute approximate surface area is 144 Å². The summed E-state index contributed by atoms with van der Waals surface area (Å²) in [5.74, 6) is 0.932. The van der Waals surface area contributed by atoms with Crippen LogP contribution in [0.25, 0.3) is 11.0 Å². The lowest BCUT2D eigenvalue weighted by atomic mass is 9.96. The van der Waals surface area contributed by atoms with Gasteiger partial charge in [-0.1, -0.05) is 0 Å². The average molecular weight is 337 g/mol. The molecule has 0 unspecified atom stereocenters. The first-order chi connectivity index (χ1) is 12.2. The number of aromatic amines is 1. The molecule has 8 nitrogen and oxygen atoms in total. The fraction of sp³-hybridized carbons (Fsp3) is 0.353. The molecule has 1 fully saturated rings. The zero-order chi connectivity index (χ0) is 17.2. The highest BCUT2D eigenvalue weighted by molar-refractivity contribution is 5.94. The molecule has 128 valence electrons. The molecule has 1 saturated heterocycles. The predicted molar refractivity (Wildman–Crippen MR) is 94.2 cm³/mol. The number of nitrogens with zero attached hydrogens (tertiary/aromatic N) is 5. The normalized spacial score (nSPS) is 15.5. The van der Waals surface area contributed by atoms with Crippen molar-refractivity contribution in [3.8, 4) is 0 Å². The van der Waals surface area contributed by atoms with Crippen LogP contribution in [0.15, 0.2) is 30.3 Å². The van der Waals surface area contributed by atoms with Gasteiger partial charge in [0.15, 0.2) is 5.82 Å². The molecule has 0 saturated carbocycles. The van der Waals surface area contributed by atoms with E-state index in [1.54, 1.807) is 0 Å². The van der Waals surface area contributed by atoms with Crippen LogP contribution in [0, 0.1) is 12.8 Å². The molecule has 2 aromatic heterocycles. The molecule has 0 aliphatic carbocycles. The van der Waals surface area contributed by atoms with Crippen LogP contribution in [0.4, 0.5) is 11.5 Å². The lowest BCUT2D eigenvalue weighted by Gasteiger charge is -2.31. The van der Waals surface area contributed by atoms with Gasteiger partial charge in [-0.2, -0.15) is 20.5 Å². The number of carbonyl (C=O) groups excluding carboxylic acids is 1. The van der Waals surface area contributed by atoms with Gasteiger partial charge in [0, 0.05) is 24.7 Å². The summed E-state index contributed by atoms with van der Waals surface area (Å²) in [6.45, 7) is 3.53. The quantitative estimate of drug-likeness (QED) is 0.757. The molecule has 2 N–H and O–H groups in total. The second-order valence-corrected chi connectivity index (χ2v) is 6.31. The Morgan fingerprint density at radius 2 is 1.92 bits per heavy atom. The summed E-state index contributed by atoms with van der Waals surface area (Å²) in [7, 11) is 0. The van der Waals surface area contributed by atoms with E-state index in [0.29, 0.717) is 0 Å². The van der Waals surface area contributed by atoms with Gasteiger partial charge in [-0.05, 0) is 50.1 Å². The summed E-state index contributed by atoms with van der Waals surface area (Å²) in [5.41, 5.74) is 3.18. The molecule has 0 atom stereocenters. The van der Waals surface area contributed by atoms with Crippen molar-refractivity contribution < 1.29 is 4.79 Å². The molecule has 4 rings (SSSR count). The Hall–Kier alpha value is -3.03. The van der Waals surface area contributed by atoms with Crippen molar-refractivity contribution in [3.63, 3.8) is 0 Å². The first-order valence-corrected chi connectivity index (χ1v) is 8.36. The molecule has 1 aliphatic rings. The Balaban J connectivity index is 1.36. The van der Waals surface area contributed by atoms with E-state index in [2.05, 4.69) is 35.8 Å². The number of hydrogen-bond acceptors (Lipinski definition) is 6. The number of H-pyrrole nitrogens is 1. The van der Waals surface area contributed by atoms with Gasteiger partial charge in [0.25, 0.3) is 0 Å². The first-order valence-electron chi connectivity index (χ1n) is 8.36. The van der Waals surface area contributed by atoms with Gasteiger partial charge in [0.05, 0.1) is 5.69 Å². The second-order valence-electron chi connectivity index (χ2n) is 6.31. The average Bonchev–Trinajstić information content (AvgIpc) is 3.10. The minimum atomic E-state index is 0.00247. The van der Waals surface area contributed by atoms with Gasteiger partial charge in [-0.25, -0.2) is 0 Å². The third-order valence-electron chi connectivity index (χ3n) is 4.56. The maximum atomic E-state index is 12.5. The maximum Gasteiger partial charge on any atom is 0.227 e. The van der Waals surface area contributed by atoms with Crippen molar-refractivity contribution in [3.05, 3.63) is 36.0 Å². The number of hydrogen-bond donors (Lipinski definition) is 2. The summed E-state index contributed by atoms with van der Waals surface area (Å²) in [6.07, 6.45) is 1.60. The SMILES string of the molecule is Cc1ccc(N2CCC(C(=O)Nc3ccc4n[nH]nc4c3)CC2)nn1. The monoisotopic (exact) mass is 337 g/mol. The van der Waals surface area contributed by atoms with Crippen LogP contribution in [0.1, 0.15) is 18.5 Å². The number of fused-ring (bicyclic) bond motifs is 1. The number of amides is 1. The highest BCUT2D eigenvalue weighted by atomic mass is 16.1. The topological polar surface area (TPSA) is 99.7 Å². The lowest BCUT2D eigenvalue weighted by Crippen LogP contribution is -2.38. The van der Waals surface area contributed by atoms with Gasteiger partial charge in [-0.15, -0.1) is 5.10 Å². The number of nitrogens with one attached hydrogen (secondary N) is 2. The molecule has 8 heteroatoms. The number of rotatable bonds is 3. The number of piperidine rings is 1. The van der Waals surface area contributed by atoms with E-state index in [4.69, 9.17) is 0 Å². The predicted octanol–water partition coefficient (Wildman–Crippen LogP) is 1.91. The molecule has 1 aliphatic heterocycles. The van der Waals surface area contributed by atoms with Crippen molar-refractivity contribution in [1.82, 2.24) is 25.6 Å². The molecule has 0 spiro atoms. The van der Waals surface area contributed by atoms with Gasteiger partial charge >= 0.3 is 0 Å². The van der Waals surface area contributed by atoms with Crippen molar-refractivity contribution in [2.24, 2.45) is 5.92 Å². The number of carbonyl (C=O) groups is 1. The minimum absolute atomic E-state index is 0.00247. The third-order valence-corrected chi connectivity index (χ3v) is 4.56. The third kappa shape index (κ3) is 3.28. The largest absolute Gasteiger partial charge is 0.355 e. The summed E-state index contributed by atoms with van der Waals surface area (Å²) in [6, 6.07) is 9.46. The zero-order valence-corrected chi connectivity index (χ0v) is 13.9. The van der Waals surface area contributed by atoms with E-state index in [1.807, 2.05) is 37.3 Å². The molecule has 0 radical (unpaired) electrons. The van der Waals surface area contributed by atoms with Crippen LogP contribution in [-0.2, 0) is 4.79 Å². The Kier molecular flexibility index (Phi) is 4.01. The van der Waals surface area contributed by atoms with Crippen LogP contribution in [0.3, 0.4) is 0 Å². The Bertz CT molecular complexity index is 881. The molecule has 25 heavy (non-hydrogen) atoms. The van der Waals surface area contributed by atoms with Crippen LogP contribution in [0.2, 0.25) is 0 Å². The summed E-state index contributed by atoms with van der Waals surface area (Å²) < 4.78 is 0. The zero-order valence-electron chi connectivity index (χ0n) is 13.9.